The third-order valence-corrected chi connectivity index (χ3v) is 5.02. The van der Waals surface area contributed by atoms with Crippen LogP contribution in [0.4, 0.5) is 11.5 Å². The zero-order valence-electron chi connectivity index (χ0n) is 10.8. The van der Waals surface area contributed by atoms with Gasteiger partial charge in [-0.15, -0.1) is 0 Å². The molecule has 0 spiro atoms. The number of nitrogens with one attached hydrogen (secondary N) is 1. The molecule has 2 rings (SSSR count). The molecule has 0 aliphatic carbocycles. The van der Waals surface area contributed by atoms with Crippen LogP contribution in [-0.2, 0) is 9.84 Å². The van der Waals surface area contributed by atoms with Crippen LogP contribution in [0.15, 0.2) is 18.3 Å². The summed E-state index contributed by atoms with van der Waals surface area (Å²) in [5.74, 6) is 1.37. The van der Waals surface area contributed by atoms with Gasteiger partial charge in [0.25, 0.3) is 0 Å². The Morgan fingerprint density at radius 3 is 2.94 bits per heavy atom. The molecule has 0 aromatic carbocycles. The predicted molar refractivity (Wildman–Crippen MR) is 73.9 cm³/mol. The van der Waals surface area contributed by atoms with Crippen molar-refractivity contribution in [3.8, 4) is 0 Å². The lowest BCUT2D eigenvalue weighted by molar-refractivity contribution is 0.601. The van der Waals surface area contributed by atoms with Gasteiger partial charge in [0.15, 0.2) is 9.84 Å². The van der Waals surface area contributed by atoms with Crippen molar-refractivity contribution in [2.75, 3.05) is 35.3 Å². The molecule has 18 heavy (non-hydrogen) atoms. The maximum atomic E-state index is 11.5. The van der Waals surface area contributed by atoms with Gasteiger partial charge in [-0.25, -0.2) is 13.4 Å². The largest absolute Gasteiger partial charge is 0.370 e. The molecular formula is C12H19N3O2S. The molecule has 1 fully saturated rings. The molecule has 0 saturated carbocycles. The fraction of sp³-hybridized carbons (Fsp3) is 0.583. The van der Waals surface area contributed by atoms with Crippen LogP contribution in [0.2, 0.25) is 0 Å². The molecule has 0 radical (unpaired) electrons. The van der Waals surface area contributed by atoms with Crippen molar-refractivity contribution >= 4 is 21.3 Å². The van der Waals surface area contributed by atoms with Crippen molar-refractivity contribution in [1.82, 2.24) is 4.98 Å². The second-order valence-electron chi connectivity index (χ2n) is 4.60. The smallest absolute Gasteiger partial charge is 0.152 e. The number of hydrogen-bond donors (Lipinski definition) is 1. The van der Waals surface area contributed by atoms with Gasteiger partial charge in [-0.05, 0) is 19.4 Å². The molecule has 0 amide bonds. The van der Waals surface area contributed by atoms with Gasteiger partial charge in [-0.3, -0.25) is 0 Å². The van der Waals surface area contributed by atoms with Crippen molar-refractivity contribution in [2.45, 2.75) is 19.4 Å². The number of aromatic nitrogens is 1. The summed E-state index contributed by atoms with van der Waals surface area (Å²) in [4.78, 5) is 6.25. The highest BCUT2D eigenvalue weighted by atomic mass is 32.2. The predicted octanol–water partition coefficient (Wildman–Crippen LogP) is 1.14. The normalized spacial score (nSPS) is 21.8. The molecule has 1 atom stereocenters. The minimum atomic E-state index is -2.84. The molecule has 2 heterocycles. The molecule has 1 aromatic rings. The van der Waals surface area contributed by atoms with Crippen LogP contribution >= 0.6 is 0 Å². The third kappa shape index (κ3) is 2.93. The van der Waals surface area contributed by atoms with Gasteiger partial charge < -0.3 is 10.2 Å². The maximum absolute atomic E-state index is 11.5. The summed E-state index contributed by atoms with van der Waals surface area (Å²) in [5, 5.41) is 3.15. The molecule has 6 heteroatoms. The first-order valence-corrected chi connectivity index (χ1v) is 7.97. The highest BCUT2D eigenvalue weighted by Crippen LogP contribution is 2.23. The number of sulfone groups is 1. The molecule has 0 bridgehead atoms. The molecule has 1 aliphatic rings. The van der Waals surface area contributed by atoms with Gasteiger partial charge in [0, 0.05) is 37.6 Å². The SMILES string of the molecule is CCNc1cc(N(C)C2CCS(=O)(=O)C2)ccn1. The Bertz CT molecular complexity index is 516. The van der Waals surface area contributed by atoms with Crippen molar-refractivity contribution < 1.29 is 8.42 Å². The monoisotopic (exact) mass is 269 g/mol. The van der Waals surface area contributed by atoms with Gasteiger partial charge in [0.1, 0.15) is 5.82 Å². The van der Waals surface area contributed by atoms with E-state index >= 15 is 0 Å². The maximum Gasteiger partial charge on any atom is 0.152 e. The van der Waals surface area contributed by atoms with Gasteiger partial charge >= 0.3 is 0 Å². The lowest BCUT2D eigenvalue weighted by Gasteiger charge is -2.25. The quantitative estimate of drug-likeness (QED) is 0.888. The summed E-state index contributed by atoms with van der Waals surface area (Å²) in [7, 11) is -0.901. The van der Waals surface area contributed by atoms with E-state index in [1.54, 1.807) is 6.20 Å². The van der Waals surface area contributed by atoms with Crippen molar-refractivity contribution in [2.24, 2.45) is 0 Å². The molecule has 1 saturated heterocycles. The summed E-state index contributed by atoms with van der Waals surface area (Å²) in [5.41, 5.74) is 1.00. The Morgan fingerprint density at radius 1 is 1.56 bits per heavy atom. The average molecular weight is 269 g/mol. The zero-order valence-corrected chi connectivity index (χ0v) is 11.6. The number of hydrogen-bond acceptors (Lipinski definition) is 5. The van der Waals surface area contributed by atoms with Crippen LogP contribution in [0.1, 0.15) is 13.3 Å². The van der Waals surface area contributed by atoms with Crippen molar-refractivity contribution in [1.29, 1.82) is 0 Å². The van der Waals surface area contributed by atoms with Crippen molar-refractivity contribution in [3.63, 3.8) is 0 Å². The van der Waals surface area contributed by atoms with E-state index in [0.717, 1.165) is 18.1 Å². The summed E-state index contributed by atoms with van der Waals surface area (Å²) >= 11 is 0. The van der Waals surface area contributed by atoms with Gasteiger partial charge in [-0.2, -0.15) is 0 Å². The van der Waals surface area contributed by atoms with Gasteiger partial charge in [0.05, 0.1) is 11.5 Å². The zero-order chi connectivity index (χ0) is 13.2. The summed E-state index contributed by atoms with van der Waals surface area (Å²) in [6, 6.07) is 3.94. The standard InChI is InChI=1S/C12H19N3O2S/c1-3-13-12-8-10(4-6-14-12)15(2)11-5-7-18(16,17)9-11/h4,6,8,11H,3,5,7,9H2,1-2H3,(H,13,14). The highest BCUT2D eigenvalue weighted by Gasteiger charge is 2.30. The van der Waals surface area contributed by atoms with Crippen molar-refractivity contribution in [3.05, 3.63) is 18.3 Å². The third-order valence-electron chi connectivity index (χ3n) is 3.26. The van der Waals surface area contributed by atoms with E-state index in [9.17, 15) is 8.42 Å². The van der Waals surface area contributed by atoms with Crippen LogP contribution in [-0.4, -0.2) is 44.5 Å². The van der Waals surface area contributed by atoms with E-state index in [2.05, 4.69) is 10.3 Å². The molecule has 1 N–H and O–H groups in total. The van der Waals surface area contributed by atoms with Gasteiger partial charge in [-0.1, -0.05) is 0 Å². The van der Waals surface area contributed by atoms with E-state index in [4.69, 9.17) is 0 Å². The second-order valence-corrected chi connectivity index (χ2v) is 6.83. The second kappa shape index (κ2) is 5.14. The van der Waals surface area contributed by atoms with Crippen LogP contribution in [0.25, 0.3) is 0 Å². The number of anilines is 2. The molecule has 1 aliphatic heterocycles. The molecule has 5 nitrogen and oxygen atoms in total. The Kier molecular flexibility index (Phi) is 3.75. The minimum absolute atomic E-state index is 0.0758. The van der Waals surface area contributed by atoms with Crippen LogP contribution < -0.4 is 10.2 Å². The number of rotatable bonds is 4. The highest BCUT2D eigenvalue weighted by molar-refractivity contribution is 7.91. The summed E-state index contributed by atoms with van der Waals surface area (Å²) in [6.45, 7) is 2.83. The molecular weight excluding hydrogens is 250 g/mol. The summed E-state index contributed by atoms with van der Waals surface area (Å²) < 4.78 is 23.0. The average Bonchev–Trinajstić information content (AvgIpc) is 2.70. The first-order chi connectivity index (χ1) is 8.52. The fourth-order valence-corrected chi connectivity index (χ4v) is 3.98. The Balaban J connectivity index is 2.13. The molecule has 1 aromatic heterocycles. The van der Waals surface area contributed by atoms with Crippen LogP contribution in [0.3, 0.4) is 0 Å². The van der Waals surface area contributed by atoms with E-state index < -0.39 is 9.84 Å². The first-order valence-electron chi connectivity index (χ1n) is 6.15. The number of nitrogens with zero attached hydrogens (tertiary/aromatic N) is 2. The lowest BCUT2D eigenvalue weighted by Crippen LogP contribution is -2.32. The first kappa shape index (κ1) is 13.1. The van der Waals surface area contributed by atoms with E-state index in [1.165, 1.54) is 0 Å². The molecule has 1 unspecified atom stereocenters. The van der Waals surface area contributed by atoms with E-state index in [-0.39, 0.29) is 11.8 Å². The Morgan fingerprint density at radius 2 is 2.33 bits per heavy atom. The Labute approximate surface area is 108 Å². The van der Waals surface area contributed by atoms with E-state index in [1.807, 2.05) is 31.0 Å². The topological polar surface area (TPSA) is 62.3 Å². The molecule has 100 valence electrons. The van der Waals surface area contributed by atoms with Crippen LogP contribution in [0, 0.1) is 0 Å². The lowest BCUT2D eigenvalue weighted by atomic mass is 10.2. The summed E-state index contributed by atoms with van der Waals surface area (Å²) in [6.07, 6.45) is 2.45. The van der Waals surface area contributed by atoms with E-state index in [0.29, 0.717) is 12.2 Å². The van der Waals surface area contributed by atoms with Crippen LogP contribution in [0.5, 0.6) is 0 Å². The Hall–Kier alpha value is -1.30. The minimum Gasteiger partial charge on any atom is -0.370 e. The number of pyridine rings is 1. The fourth-order valence-electron chi connectivity index (χ4n) is 2.21. The van der Waals surface area contributed by atoms with Gasteiger partial charge in [0.2, 0.25) is 0 Å².